The second kappa shape index (κ2) is 9.56. The molecule has 1 saturated heterocycles. The summed E-state index contributed by atoms with van der Waals surface area (Å²) in [6.45, 7) is 2.17. The van der Waals surface area contributed by atoms with Crippen LogP contribution < -0.4 is 23.7 Å². The Bertz CT molecular complexity index is 808. The molecule has 0 spiro atoms. The minimum Gasteiger partial charge on any atom is -0.493 e. The third-order valence-electron chi connectivity index (χ3n) is 4.93. The lowest BCUT2D eigenvalue weighted by atomic mass is 10.0. The van der Waals surface area contributed by atoms with Crippen molar-refractivity contribution in [1.82, 2.24) is 0 Å². The zero-order valence-electron chi connectivity index (χ0n) is 17.4. The van der Waals surface area contributed by atoms with Gasteiger partial charge in [-0.25, -0.2) is 0 Å². The molecule has 8 heteroatoms. The fraction of sp³-hybridized carbons (Fsp3) is 0.524. The molecular weight excluding hydrogens is 396 g/mol. The molecule has 160 valence electrons. The largest absolute Gasteiger partial charge is 0.493 e. The molecule has 2 heterocycles. The Balaban J connectivity index is 1.86. The van der Waals surface area contributed by atoms with Crippen LogP contribution in [0.3, 0.4) is 0 Å². The summed E-state index contributed by atoms with van der Waals surface area (Å²) in [6, 6.07) is 3.86. The minimum atomic E-state index is -0.0948. The van der Waals surface area contributed by atoms with Crippen LogP contribution in [-0.2, 0) is 4.74 Å². The van der Waals surface area contributed by atoms with Crippen LogP contribution in [0.5, 0.6) is 28.7 Å². The van der Waals surface area contributed by atoms with Crippen LogP contribution in [0.15, 0.2) is 12.1 Å². The fourth-order valence-corrected chi connectivity index (χ4v) is 4.76. The predicted octanol–water partition coefficient (Wildman–Crippen LogP) is 4.05. The Morgan fingerprint density at radius 3 is 2.10 bits per heavy atom. The summed E-state index contributed by atoms with van der Waals surface area (Å²) in [5.41, 5.74) is 0.978. The molecule has 1 N–H and O–H groups in total. The molecule has 7 nitrogen and oxygen atoms in total. The first-order chi connectivity index (χ1) is 14.1. The zero-order valence-corrected chi connectivity index (χ0v) is 18.3. The van der Waals surface area contributed by atoms with Crippen LogP contribution in [0.25, 0.3) is 0 Å². The summed E-state index contributed by atoms with van der Waals surface area (Å²) in [4.78, 5) is 2.01. The first-order valence-electron chi connectivity index (χ1n) is 9.44. The average Bonchev–Trinajstić information content (AvgIpc) is 3.35. The Morgan fingerprint density at radius 1 is 0.931 bits per heavy atom. The lowest BCUT2D eigenvalue weighted by Crippen LogP contribution is -2.04. The van der Waals surface area contributed by atoms with Crippen LogP contribution >= 0.6 is 11.3 Å². The molecule has 0 amide bonds. The topological polar surface area (TPSA) is 75.6 Å². The molecule has 1 fully saturated rings. The summed E-state index contributed by atoms with van der Waals surface area (Å²) in [6.07, 6.45) is 1.53. The highest BCUT2D eigenvalue weighted by atomic mass is 32.1. The number of ether oxygens (including phenoxy) is 6. The highest BCUT2D eigenvalue weighted by molar-refractivity contribution is 7.12. The van der Waals surface area contributed by atoms with Crippen molar-refractivity contribution in [1.29, 1.82) is 0 Å². The van der Waals surface area contributed by atoms with Crippen molar-refractivity contribution in [3.63, 3.8) is 0 Å². The van der Waals surface area contributed by atoms with Gasteiger partial charge in [0.1, 0.15) is 6.61 Å². The monoisotopic (exact) mass is 424 g/mol. The molecule has 2 unspecified atom stereocenters. The van der Waals surface area contributed by atoms with Gasteiger partial charge in [0.25, 0.3) is 0 Å². The number of aliphatic hydroxyl groups is 1. The maximum absolute atomic E-state index is 9.07. The molecule has 0 bridgehead atoms. The van der Waals surface area contributed by atoms with E-state index in [-0.39, 0.29) is 25.4 Å². The number of rotatable bonds is 9. The van der Waals surface area contributed by atoms with Gasteiger partial charge in [-0.3, -0.25) is 0 Å². The van der Waals surface area contributed by atoms with Gasteiger partial charge in [0.15, 0.2) is 23.0 Å². The molecule has 0 aliphatic carbocycles. The van der Waals surface area contributed by atoms with Gasteiger partial charge in [-0.15, -0.1) is 11.3 Å². The summed E-state index contributed by atoms with van der Waals surface area (Å²) in [5, 5.41) is 9.07. The van der Waals surface area contributed by atoms with Crippen LogP contribution in [-0.4, -0.2) is 46.8 Å². The Hall–Kier alpha value is -2.16. The number of thiophene rings is 1. The third-order valence-corrected chi connectivity index (χ3v) is 6.09. The van der Waals surface area contributed by atoms with Gasteiger partial charge < -0.3 is 33.5 Å². The van der Waals surface area contributed by atoms with E-state index in [2.05, 4.69) is 0 Å². The van der Waals surface area contributed by atoms with Crippen molar-refractivity contribution in [2.75, 3.05) is 41.7 Å². The second-order valence-corrected chi connectivity index (χ2v) is 7.86. The number of aliphatic hydroxyl groups excluding tert-OH is 1. The molecule has 2 atom stereocenters. The highest BCUT2D eigenvalue weighted by Crippen LogP contribution is 2.52. The molecule has 0 saturated carbocycles. The number of aryl methyl sites for hydroxylation is 1. The number of hydrogen-bond acceptors (Lipinski definition) is 8. The third kappa shape index (κ3) is 4.24. The second-order valence-electron chi connectivity index (χ2n) is 6.61. The lowest BCUT2D eigenvalue weighted by Gasteiger charge is -2.18. The van der Waals surface area contributed by atoms with E-state index in [1.165, 1.54) is 0 Å². The van der Waals surface area contributed by atoms with E-state index in [1.807, 2.05) is 19.1 Å². The Morgan fingerprint density at radius 2 is 1.55 bits per heavy atom. The number of methoxy groups -OCH3 is 4. The Labute approximate surface area is 175 Å². The maximum Gasteiger partial charge on any atom is 0.203 e. The normalized spacial score (nSPS) is 18.6. The van der Waals surface area contributed by atoms with Crippen LogP contribution in [0.2, 0.25) is 0 Å². The van der Waals surface area contributed by atoms with Gasteiger partial charge in [0.05, 0.1) is 52.1 Å². The smallest absolute Gasteiger partial charge is 0.203 e. The standard InChI is InChI=1S/C21H28O7S/c1-12-18(27-9-8-22)20(26-5)21(29-12)15-7-6-14(28-15)13-10-16(23-2)19(25-4)17(11-13)24-3/h10-11,14-15,22H,6-9H2,1-5H3. The van der Waals surface area contributed by atoms with E-state index < -0.39 is 0 Å². The maximum atomic E-state index is 9.07. The molecule has 3 rings (SSSR count). The first-order valence-corrected chi connectivity index (χ1v) is 10.3. The number of hydrogen-bond donors (Lipinski definition) is 1. The average molecular weight is 425 g/mol. The van der Waals surface area contributed by atoms with Gasteiger partial charge in [0.2, 0.25) is 5.75 Å². The van der Waals surface area contributed by atoms with E-state index >= 15 is 0 Å². The van der Waals surface area contributed by atoms with Crippen molar-refractivity contribution in [3.05, 3.63) is 27.5 Å². The lowest BCUT2D eigenvalue weighted by molar-refractivity contribution is 0.0444. The van der Waals surface area contributed by atoms with Crippen molar-refractivity contribution >= 4 is 11.3 Å². The van der Waals surface area contributed by atoms with Crippen molar-refractivity contribution in [3.8, 4) is 28.7 Å². The van der Waals surface area contributed by atoms with Gasteiger partial charge in [-0.1, -0.05) is 0 Å². The summed E-state index contributed by atoms with van der Waals surface area (Å²) in [5.74, 6) is 3.16. The van der Waals surface area contributed by atoms with Gasteiger partial charge in [0, 0.05) is 4.88 Å². The molecule has 1 aromatic carbocycles. The number of benzene rings is 1. The minimum absolute atomic E-state index is 0.0447. The van der Waals surface area contributed by atoms with Gasteiger partial charge >= 0.3 is 0 Å². The van der Waals surface area contributed by atoms with Gasteiger partial charge in [-0.05, 0) is 37.5 Å². The summed E-state index contributed by atoms with van der Waals surface area (Å²) in [7, 11) is 6.42. The molecule has 1 aliphatic heterocycles. The molecule has 1 aromatic heterocycles. The summed E-state index contributed by atoms with van der Waals surface area (Å²) >= 11 is 1.61. The summed E-state index contributed by atoms with van der Waals surface area (Å²) < 4.78 is 34.0. The first kappa shape index (κ1) is 21.5. The molecule has 1 aliphatic rings. The Kier molecular flexibility index (Phi) is 7.10. The SMILES string of the molecule is COc1cc(C2CCC(c3sc(C)c(OCCO)c3OC)O2)cc(OC)c1OC. The van der Waals surface area contributed by atoms with Crippen LogP contribution in [0.1, 0.15) is 40.4 Å². The molecule has 29 heavy (non-hydrogen) atoms. The predicted molar refractivity (Wildman–Crippen MR) is 110 cm³/mol. The van der Waals surface area contributed by atoms with Crippen molar-refractivity contribution in [2.24, 2.45) is 0 Å². The quantitative estimate of drug-likeness (QED) is 0.651. The fourth-order valence-electron chi connectivity index (χ4n) is 3.61. The van der Waals surface area contributed by atoms with E-state index in [4.69, 9.17) is 33.5 Å². The van der Waals surface area contributed by atoms with Crippen molar-refractivity contribution < 1.29 is 33.5 Å². The van der Waals surface area contributed by atoms with Crippen molar-refractivity contribution in [2.45, 2.75) is 32.0 Å². The zero-order chi connectivity index (χ0) is 21.0. The van der Waals surface area contributed by atoms with E-state index in [0.29, 0.717) is 28.7 Å². The highest BCUT2D eigenvalue weighted by Gasteiger charge is 2.34. The molecule has 0 radical (unpaired) electrons. The van der Waals surface area contributed by atoms with Gasteiger partial charge in [-0.2, -0.15) is 0 Å². The van der Waals surface area contributed by atoms with Crippen LogP contribution in [0.4, 0.5) is 0 Å². The van der Waals surface area contributed by atoms with Crippen LogP contribution in [0, 0.1) is 6.92 Å². The van der Waals surface area contributed by atoms with E-state index in [0.717, 1.165) is 28.2 Å². The molecular formula is C21H28O7S. The van der Waals surface area contributed by atoms with E-state index in [9.17, 15) is 0 Å². The molecule has 2 aromatic rings. The van der Waals surface area contributed by atoms with E-state index in [1.54, 1.807) is 39.8 Å².